The van der Waals surface area contributed by atoms with Crippen molar-refractivity contribution < 1.29 is 9.59 Å². The third-order valence-electron chi connectivity index (χ3n) is 4.23. The Hall–Kier alpha value is -2.79. The number of nitrogens with one attached hydrogen (secondary N) is 3. The number of H-pyrrole nitrogens is 1. The minimum Gasteiger partial charge on any atom is -0.340 e. The first-order chi connectivity index (χ1) is 13.7. The molecular weight excluding hydrogens is 398 g/mol. The quantitative estimate of drug-likeness (QED) is 0.568. The van der Waals surface area contributed by atoms with Crippen molar-refractivity contribution in [3.8, 4) is 0 Å². The standard InChI is InChI=1S/C17H19N7O2S2/c25-13(19-15-21-16(23-22-15)24-6-2-1-3-7-24)9-11-10-28-17(18-11)20-14(26)12-5-4-8-27-12/h4-5,8,10H,1-3,6-7,9H2,(H,18,20,26)(H2,19,21,22,23,25). The number of carbonyl (C=O) groups is 2. The van der Waals surface area contributed by atoms with Crippen molar-refractivity contribution in [2.24, 2.45) is 0 Å². The average molecular weight is 418 g/mol. The van der Waals surface area contributed by atoms with E-state index in [9.17, 15) is 9.59 Å². The molecule has 1 aliphatic heterocycles. The molecule has 3 aromatic heterocycles. The normalized spacial score (nSPS) is 14.1. The van der Waals surface area contributed by atoms with Gasteiger partial charge in [-0.1, -0.05) is 6.07 Å². The van der Waals surface area contributed by atoms with Crippen LogP contribution >= 0.6 is 22.7 Å². The van der Waals surface area contributed by atoms with Crippen LogP contribution in [0.25, 0.3) is 0 Å². The van der Waals surface area contributed by atoms with Crippen LogP contribution < -0.4 is 15.5 Å². The highest BCUT2D eigenvalue weighted by Crippen LogP contribution is 2.19. The Bertz CT molecular complexity index is 945. The second-order valence-electron chi connectivity index (χ2n) is 6.33. The Labute approximate surface area is 169 Å². The lowest BCUT2D eigenvalue weighted by Crippen LogP contribution is -2.30. The van der Waals surface area contributed by atoms with Crippen LogP contribution in [0, 0.1) is 0 Å². The van der Waals surface area contributed by atoms with E-state index in [0.717, 1.165) is 25.9 Å². The van der Waals surface area contributed by atoms with Crippen LogP contribution in [0.4, 0.5) is 17.0 Å². The number of amides is 2. The number of hydrogen-bond donors (Lipinski definition) is 3. The first kappa shape index (κ1) is 18.6. The Morgan fingerprint density at radius 2 is 2.00 bits per heavy atom. The third kappa shape index (κ3) is 4.54. The fraction of sp³-hybridized carbons (Fsp3) is 0.353. The largest absolute Gasteiger partial charge is 0.340 e. The molecule has 1 aliphatic rings. The molecule has 3 aromatic rings. The predicted molar refractivity (Wildman–Crippen MR) is 109 cm³/mol. The van der Waals surface area contributed by atoms with Crippen molar-refractivity contribution in [2.75, 3.05) is 28.6 Å². The van der Waals surface area contributed by atoms with Gasteiger partial charge < -0.3 is 4.90 Å². The first-order valence-electron chi connectivity index (χ1n) is 8.94. The maximum atomic E-state index is 12.3. The van der Waals surface area contributed by atoms with Gasteiger partial charge in [-0.05, 0) is 30.7 Å². The molecule has 0 radical (unpaired) electrons. The zero-order valence-electron chi connectivity index (χ0n) is 15.0. The molecule has 4 rings (SSSR count). The summed E-state index contributed by atoms with van der Waals surface area (Å²) >= 11 is 2.65. The van der Waals surface area contributed by atoms with Gasteiger partial charge in [-0.3, -0.25) is 20.2 Å². The van der Waals surface area contributed by atoms with E-state index in [1.807, 2.05) is 11.4 Å². The van der Waals surface area contributed by atoms with Gasteiger partial charge in [0.25, 0.3) is 5.91 Å². The molecule has 0 aromatic carbocycles. The van der Waals surface area contributed by atoms with Gasteiger partial charge in [0.05, 0.1) is 17.0 Å². The predicted octanol–water partition coefficient (Wildman–Crippen LogP) is 2.75. The van der Waals surface area contributed by atoms with Crippen LogP contribution in [0.15, 0.2) is 22.9 Å². The van der Waals surface area contributed by atoms with Gasteiger partial charge in [0.15, 0.2) is 5.13 Å². The van der Waals surface area contributed by atoms with Crippen molar-refractivity contribution in [3.05, 3.63) is 33.5 Å². The zero-order valence-corrected chi connectivity index (χ0v) is 16.6. The molecule has 0 spiro atoms. The third-order valence-corrected chi connectivity index (χ3v) is 5.90. The molecule has 28 heavy (non-hydrogen) atoms. The highest BCUT2D eigenvalue weighted by atomic mass is 32.1. The SMILES string of the molecule is O=C(Cc1csc(NC(=O)c2cccs2)n1)Nc1nc(N2CCCCC2)n[nH]1. The van der Waals surface area contributed by atoms with Crippen molar-refractivity contribution in [3.63, 3.8) is 0 Å². The molecule has 0 saturated carbocycles. The van der Waals surface area contributed by atoms with Crippen molar-refractivity contribution >= 4 is 51.5 Å². The summed E-state index contributed by atoms with van der Waals surface area (Å²) < 4.78 is 0. The second-order valence-corrected chi connectivity index (χ2v) is 8.14. The molecule has 11 heteroatoms. The van der Waals surface area contributed by atoms with E-state index in [2.05, 4.69) is 35.7 Å². The highest BCUT2D eigenvalue weighted by Gasteiger charge is 2.17. The molecule has 1 saturated heterocycles. The molecule has 146 valence electrons. The van der Waals surface area contributed by atoms with E-state index >= 15 is 0 Å². The summed E-state index contributed by atoms with van der Waals surface area (Å²) in [5.41, 5.74) is 0.583. The molecular formula is C17H19N7O2S2. The van der Waals surface area contributed by atoms with Crippen LogP contribution in [0.2, 0.25) is 0 Å². The highest BCUT2D eigenvalue weighted by molar-refractivity contribution is 7.14. The number of thiazole rings is 1. The zero-order chi connectivity index (χ0) is 19.3. The fourth-order valence-electron chi connectivity index (χ4n) is 2.90. The number of rotatable bonds is 6. The number of aromatic nitrogens is 4. The Kier molecular flexibility index (Phi) is 5.63. The number of carbonyl (C=O) groups excluding carboxylic acids is 2. The Morgan fingerprint density at radius 1 is 1.14 bits per heavy atom. The van der Waals surface area contributed by atoms with Crippen LogP contribution in [-0.4, -0.2) is 45.1 Å². The van der Waals surface area contributed by atoms with Gasteiger partial charge >= 0.3 is 0 Å². The molecule has 2 amide bonds. The summed E-state index contributed by atoms with van der Waals surface area (Å²) in [7, 11) is 0. The lowest BCUT2D eigenvalue weighted by atomic mass is 10.1. The number of aromatic amines is 1. The molecule has 0 aliphatic carbocycles. The minimum absolute atomic E-state index is 0.0884. The van der Waals surface area contributed by atoms with E-state index in [-0.39, 0.29) is 18.2 Å². The Balaban J connectivity index is 1.30. The molecule has 0 atom stereocenters. The van der Waals surface area contributed by atoms with Crippen LogP contribution in [0.1, 0.15) is 34.6 Å². The lowest BCUT2D eigenvalue weighted by Gasteiger charge is -2.24. The van der Waals surface area contributed by atoms with Crippen LogP contribution in [0.5, 0.6) is 0 Å². The summed E-state index contributed by atoms with van der Waals surface area (Å²) in [6.07, 6.45) is 3.58. The summed E-state index contributed by atoms with van der Waals surface area (Å²) in [5, 5.41) is 16.4. The maximum Gasteiger partial charge on any atom is 0.267 e. The molecule has 4 heterocycles. The van der Waals surface area contributed by atoms with E-state index in [4.69, 9.17) is 0 Å². The average Bonchev–Trinajstić information content (AvgIpc) is 3.44. The summed E-state index contributed by atoms with van der Waals surface area (Å²) in [5.74, 6) is 0.490. The van der Waals surface area contributed by atoms with Crippen LogP contribution in [-0.2, 0) is 11.2 Å². The number of anilines is 3. The molecule has 0 unspecified atom stereocenters. The number of hydrogen-bond acceptors (Lipinski definition) is 8. The molecule has 3 N–H and O–H groups in total. The van der Waals surface area contributed by atoms with Gasteiger partial charge in [0, 0.05) is 18.5 Å². The van der Waals surface area contributed by atoms with Gasteiger partial charge in [0.1, 0.15) is 0 Å². The summed E-state index contributed by atoms with van der Waals surface area (Å²) in [6.45, 7) is 1.87. The van der Waals surface area contributed by atoms with Crippen molar-refractivity contribution in [1.82, 2.24) is 20.2 Å². The van der Waals surface area contributed by atoms with E-state index < -0.39 is 0 Å². The first-order valence-corrected chi connectivity index (χ1v) is 10.7. The molecule has 1 fully saturated rings. The maximum absolute atomic E-state index is 12.3. The fourth-order valence-corrected chi connectivity index (χ4v) is 4.22. The van der Waals surface area contributed by atoms with Gasteiger partial charge in [0.2, 0.25) is 17.8 Å². The number of piperidine rings is 1. The van der Waals surface area contributed by atoms with E-state index in [0.29, 0.717) is 27.6 Å². The lowest BCUT2D eigenvalue weighted by molar-refractivity contribution is -0.115. The summed E-state index contributed by atoms with van der Waals surface area (Å²) in [4.78, 5) is 35.7. The second kappa shape index (κ2) is 8.48. The molecule has 0 bridgehead atoms. The number of nitrogens with zero attached hydrogens (tertiary/aromatic N) is 4. The van der Waals surface area contributed by atoms with Crippen molar-refractivity contribution in [1.29, 1.82) is 0 Å². The smallest absolute Gasteiger partial charge is 0.267 e. The van der Waals surface area contributed by atoms with Crippen molar-refractivity contribution in [2.45, 2.75) is 25.7 Å². The van der Waals surface area contributed by atoms with E-state index in [1.165, 1.54) is 29.1 Å². The van der Waals surface area contributed by atoms with Gasteiger partial charge in [-0.15, -0.1) is 27.8 Å². The molecule has 9 nitrogen and oxygen atoms in total. The van der Waals surface area contributed by atoms with E-state index in [1.54, 1.807) is 11.4 Å². The van der Waals surface area contributed by atoms with Crippen LogP contribution in [0.3, 0.4) is 0 Å². The Morgan fingerprint density at radius 3 is 2.79 bits per heavy atom. The summed E-state index contributed by atoms with van der Waals surface area (Å²) in [6, 6.07) is 3.56. The van der Waals surface area contributed by atoms with Gasteiger partial charge in [-0.2, -0.15) is 4.98 Å². The van der Waals surface area contributed by atoms with Gasteiger partial charge in [-0.25, -0.2) is 10.1 Å². The topological polar surface area (TPSA) is 116 Å². The number of thiophene rings is 1. The minimum atomic E-state index is -0.247. The monoisotopic (exact) mass is 417 g/mol.